The van der Waals surface area contributed by atoms with Crippen molar-refractivity contribution in [2.75, 3.05) is 20.8 Å². The van der Waals surface area contributed by atoms with Crippen molar-refractivity contribution in [2.24, 2.45) is 5.41 Å². The third-order valence-corrected chi connectivity index (χ3v) is 3.46. The standard InChI is InChI=1S/C15H22BrNO3/c1-10-6-12(16)7-11(8-17-4)13(10)20-9-15(2,3)14(18)19-5/h6-7,17H,8-9H2,1-5H3. The molecule has 0 saturated carbocycles. The van der Waals surface area contributed by atoms with Gasteiger partial charge in [-0.2, -0.15) is 0 Å². The topological polar surface area (TPSA) is 47.6 Å². The van der Waals surface area contributed by atoms with E-state index in [9.17, 15) is 4.79 Å². The first-order valence-electron chi connectivity index (χ1n) is 6.46. The van der Waals surface area contributed by atoms with Crippen LogP contribution in [0.4, 0.5) is 0 Å². The van der Waals surface area contributed by atoms with Gasteiger partial charge in [0.15, 0.2) is 0 Å². The molecule has 0 radical (unpaired) electrons. The number of benzene rings is 1. The average molecular weight is 344 g/mol. The molecule has 112 valence electrons. The number of esters is 1. The molecular weight excluding hydrogens is 322 g/mol. The van der Waals surface area contributed by atoms with Gasteiger partial charge in [-0.3, -0.25) is 4.79 Å². The van der Waals surface area contributed by atoms with Gasteiger partial charge in [0.2, 0.25) is 0 Å². The molecule has 0 aliphatic carbocycles. The molecule has 1 N–H and O–H groups in total. The highest BCUT2D eigenvalue weighted by Crippen LogP contribution is 2.30. The number of hydrogen-bond acceptors (Lipinski definition) is 4. The maximum atomic E-state index is 11.7. The van der Waals surface area contributed by atoms with Gasteiger partial charge in [-0.1, -0.05) is 15.9 Å². The Bertz CT molecular complexity index is 486. The number of rotatable bonds is 6. The van der Waals surface area contributed by atoms with Crippen molar-refractivity contribution in [1.82, 2.24) is 5.32 Å². The van der Waals surface area contributed by atoms with E-state index in [2.05, 4.69) is 21.2 Å². The van der Waals surface area contributed by atoms with Crippen molar-refractivity contribution in [2.45, 2.75) is 27.3 Å². The largest absolute Gasteiger partial charge is 0.492 e. The van der Waals surface area contributed by atoms with E-state index in [4.69, 9.17) is 9.47 Å². The number of methoxy groups -OCH3 is 1. The smallest absolute Gasteiger partial charge is 0.314 e. The van der Waals surface area contributed by atoms with Gasteiger partial charge in [0.1, 0.15) is 12.4 Å². The summed E-state index contributed by atoms with van der Waals surface area (Å²) in [4.78, 5) is 11.7. The van der Waals surface area contributed by atoms with Crippen molar-refractivity contribution >= 4 is 21.9 Å². The maximum absolute atomic E-state index is 11.7. The fourth-order valence-corrected chi connectivity index (χ4v) is 2.54. The van der Waals surface area contributed by atoms with Gasteiger partial charge in [0, 0.05) is 16.6 Å². The van der Waals surface area contributed by atoms with Gasteiger partial charge >= 0.3 is 5.97 Å². The second-order valence-electron chi connectivity index (χ2n) is 5.41. The SMILES string of the molecule is CNCc1cc(Br)cc(C)c1OCC(C)(C)C(=O)OC. The molecule has 0 saturated heterocycles. The Kier molecular flexibility index (Phi) is 6.02. The van der Waals surface area contributed by atoms with Gasteiger partial charge in [-0.25, -0.2) is 0 Å². The molecule has 0 atom stereocenters. The first-order valence-corrected chi connectivity index (χ1v) is 7.26. The number of halogens is 1. The fraction of sp³-hybridized carbons (Fsp3) is 0.533. The summed E-state index contributed by atoms with van der Waals surface area (Å²) in [6, 6.07) is 4.02. The Morgan fingerprint density at radius 3 is 2.60 bits per heavy atom. The highest BCUT2D eigenvalue weighted by molar-refractivity contribution is 9.10. The zero-order valence-electron chi connectivity index (χ0n) is 12.7. The van der Waals surface area contributed by atoms with Crippen LogP contribution in [0.1, 0.15) is 25.0 Å². The normalized spacial score (nSPS) is 11.3. The molecule has 0 spiro atoms. The lowest BCUT2D eigenvalue weighted by molar-refractivity contribution is -0.152. The maximum Gasteiger partial charge on any atom is 0.314 e. The van der Waals surface area contributed by atoms with E-state index in [1.807, 2.05) is 40.0 Å². The quantitative estimate of drug-likeness (QED) is 0.806. The second kappa shape index (κ2) is 7.09. The summed E-state index contributed by atoms with van der Waals surface area (Å²) in [5.74, 6) is 0.543. The van der Waals surface area contributed by atoms with Gasteiger partial charge in [0.05, 0.1) is 12.5 Å². The number of carbonyl (C=O) groups is 1. The van der Waals surface area contributed by atoms with Crippen LogP contribution in [0.3, 0.4) is 0 Å². The predicted octanol–water partition coefficient (Wildman–Crippen LogP) is 3.05. The predicted molar refractivity (Wildman–Crippen MR) is 82.9 cm³/mol. The zero-order chi connectivity index (χ0) is 15.3. The van der Waals surface area contributed by atoms with Crippen molar-refractivity contribution in [3.05, 3.63) is 27.7 Å². The third kappa shape index (κ3) is 4.21. The summed E-state index contributed by atoms with van der Waals surface area (Å²) in [5.41, 5.74) is 1.41. The number of carbonyl (C=O) groups excluding carboxylic acids is 1. The molecule has 4 nitrogen and oxygen atoms in total. The molecule has 20 heavy (non-hydrogen) atoms. The van der Waals surface area contributed by atoms with Crippen LogP contribution >= 0.6 is 15.9 Å². The number of aryl methyl sites for hydroxylation is 1. The van der Waals surface area contributed by atoms with Crippen LogP contribution in [-0.2, 0) is 16.1 Å². The molecular formula is C15H22BrNO3. The molecule has 0 amide bonds. The van der Waals surface area contributed by atoms with Crippen LogP contribution in [0.25, 0.3) is 0 Å². The molecule has 0 fully saturated rings. The summed E-state index contributed by atoms with van der Waals surface area (Å²) in [6.45, 7) is 6.59. The van der Waals surface area contributed by atoms with E-state index in [1.54, 1.807) is 0 Å². The molecule has 0 aliphatic rings. The van der Waals surface area contributed by atoms with Crippen LogP contribution in [0, 0.1) is 12.3 Å². The minimum Gasteiger partial charge on any atom is -0.492 e. The van der Waals surface area contributed by atoms with Crippen molar-refractivity contribution in [3.8, 4) is 5.75 Å². The number of nitrogens with one attached hydrogen (secondary N) is 1. The van der Waals surface area contributed by atoms with Crippen molar-refractivity contribution < 1.29 is 14.3 Å². The van der Waals surface area contributed by atoms with Crippen LogP contribution in [0.5, 0.6) is 5.75 Å². The van der Waals surface area contributed by atoms with E-state index in [1.165, 1.54) is 7.11 Å². The van der Waals surface area contributed by atoms with Gasteiger partial charge in [-0.15, -0.1) is 0 Å². The van der Waals surface area contributed by atoms with Crippen LogP contribution in [-0.4, -0.2) is 26.7 Å². The minimum absolute atomic E-state index is 0.276. The first-order chi connectivity index (χ1) is 9.31. The molecule has 0 unspecified atom stereocenters. The Labute approximate surface area is 129 Å². The minimum atomic E-state index is -0.675. The third-order valence-electron chi connectivity index (χ3n) is 3.00. The lowest BCUT2D eigenvalue weighted by Gasteiger charge is -2.23. The summed E-state index contributed by atoms with van der Waals surface area (Å²) in [7, 11) is 3.28. The molecule has 0 aliphatic heterocycles. The summed E-state index contributed by atoms with van der Waals surface area (Å²) < 4.78 is 11.7. The highest BCUT2D eigenvalue weighted by atomic mass is 79.9. The molecule has 1 aromatic carbocycles. The van der Waals surface area contributed by atoms with Gasteiger partial charge in [-0.05, 0) is 45.5 Å². The van der Waals surface area contributed by atoms with E-state index in [0.717, 1.165) is 21.3 Å². The Morgan fingerprint density at radius 2 is 2.05 bits per heavy atom. The van der Waals surface area contributed by atoms with E-state index in [0.29, 0.717) is 6.54 Å². The van der Waals surface area contributed by atoms with Gasteiger partial charge < -0.3 is 14.8 Å². The van der Waals surface area contributed by atoms with Crippen LogP contribution in [0.2, 0.25) is 0 Å². The molecule has 0 heterocycles. The second-order valence-corrected chi connectivity index (χ2v) is 6.32. The summed E-state index contributed by atoms with van der Waals surface area (Å²) in [5, 5.41) is 3.12. The number of hydrogen-bond donors (Lipinski definition) is 1. The molecule has 5 heteroatoms. The summed E-state index contributed by atoms with van der Waals surface area (Å²) >= 11 is 3.48. The zero-order valence-corrected chi connectivity index (χ0v) is 14.3. The average Bonchev–Trinajstić information content (AvgIpc) is 2.36. The summed E-state index contributed by atoms with van der Waals surface area (Å²) in [6.07, 6.45) is 0. The Hall–Kier alpha value is -1.07. The van der Waals surface area contributed by atoms with Crippen LogP contribution in [0.15, 0.2) is 16.6 Å². The van der Waals surface area contributed by atoms with Crippen molar-refractivity contribution in [1.29, 1.82) is 0 Å². The van der Waals surface area contributed by atoms with Gasteiger partial charge in [0.25, 0.3) is 0 Å². The lowest BCUT2D eigenvalue weighted by Crippen LogP contribution is -2.32. The van der Waals surface area contributed by atoms with Crippen LogP contribution < -0.4 is 10.1 Å². The Balaban J connectivity index is 2.94. The van der Waals surface area contributed by atoms with E-state index in [-0.39, 0.29) is 12.6 Å². The molecule has 0 aromatic heterocycles. The monoisotopic (exact) mass is 343 g/mol. The molecule has 0 bridgehead atoms. The lowest BCUT2D eigenvalue weighted by atomic mass is 9.95. The van der Waals surface area contributed by atoms with Crippen molar-refractivity contribution in [3.63, 3.8) is 0 Å². The Morgan fingerprint density at radius 1 is 1.40 bits per heavy atom. The number of ether oxygens (including phenoxy) is 2. The van der Waals surface area contributed by atoms with E-state index >= 15 is 0 Å². The highest BCUT2D eigenvalue weighted by Gasteiger charge is 2.30. The van der Waals surface area contributed by atoms with E-state index < -0.39 is 5.41 Å². The fourth-order valence-electron chi connectivity index (χ4n) is 1.92. The first kappa shape index (κ1) is 17.0. The molecule has 1 aromatic rings. The molecule has 1 rings (SSSR count).